The molecule has 0 bridgehead atoms. The molecule has 0 fully saturated rings. The summed E-state index contributed by atoms with van der Waals surface area (Å²) in [5, 5.41) is 0. The van der Waals surface area contributed by atoms with Crippen molar-refractivity contribution in [1.82, 2.24) is 0 Å². The van der Waals surface area contributed by atoms with Gasteiger partial charge in [-0.25, -0.2) is 0 Å². The summed E-state index contributed by atoms with van der Waals surface area (Å²) in [5.74, 6) is 2.33. The van der Waals surface area contributed by atoms with E-state index in [1.165, 1.54) is 0 Å². The van der Waals surface area contributed by atoms with Crippen molar-refractivity contribution in [3.05, 3.63) is 60.7 Å². The third kappa shape index (κ3) is 1.64. The van der Waals surface area contributed by atoms with Crippen molar-refractivity contribution in [3.63, 3.8) is 0 Å². The van der Waals surface area contributed by atoms with E-state index in [9.17, 15) is 0 Å². The van der Waals surface area contributed by atoms with Gasteiger partial charge in [0.15, 0.2) is 0 Å². The van der Waals surface area contributed by atoms with Crippen LogP contribution in [0.4, 0.5) is 0 Å². The molecule has 0 aliphatic carbocycles. The second kappa shape index (κ2) is 4.09. The van der Waals surface area contributed by atoms with Crippen LogP contribution < -0.4 is 18.6 Å². The maximum Gasteiger partial charge on any atom is 0.777 e. The molecule has 1 spiro atoms. The Labute approximate surface area is 122 Å². The molecule has 21 heavy (non-hydrogen) atoms. The maximum atomic E-state index is 5.85. The quantitative estimate of drug-likeness (QED) is 0.786. The SMILES string of the molecule is C=Cc1cccc2c1O[B-]1(O2)Oc2cccc(C=C)c2O1. The molecule has 0 saturated carbocycles. The van der Waals surface area contributed by atoms with Gasteiger partial charge in [-0.2, -0.15) is 0 Å². The molecule has 104 valence electrons. The van der Waals surface area contributed by atoms with E-state index in [4.69, 9.17) is 18.6 Å². The molecular weight excluding hydrogens is 267 g/mol. The fraction of sp³-hybridized carbons (Fsp3) is 0. The minimum atomic E-state index is -2.36. The first-order chi connectivity index (χ1) is 10.2. The number of hydrogen-bond donors (Lipinski definition) is 0. The summed E-state index contributed by atoms with van der Waals surface area (Å²) in [6.07, 6.45) is 3.41. The Balaban J connectivity index is 1.75. The highest BCUT2D eigenvalue weighted by atomic mass is 16.9. The van der Waals surface area contributed by atoms with E-state index < -0.39 is 6.96 Å². The molecule has 0 saturated heterocycles. The average molecular weight is 279 g/mol. The van der Waals surface area contributed by atoms with Gasteiger partial charge in [-0.3, -0.25) is 0 Å². The van der Waals surface area contributed by atoms with Gasteiger partial charge >= 0.3 is 6.96 Å². The standard InChI is InChI=1S/C16H12BO4/c1-3-11-7-5-9-13-15(11)20-17(18-13)19-14-10-6-8-12(4-2)16(14)21-17/h3-10H,1-2H2/q-1. The van der Waals surface area contributed by atoms with Crippen LogP contribution in [0.5, 0.6) is 23.0 Å². The number of fused-ring (bicyclic) bond motifs is 2. The third-order valence-corrected chi connectivity index (χ3v) is 3.53. The van der Waals surface area contributed by atoms with Gasteiger partial charge in [-0.05, 0) is 12.1 Å². The van der Waals surface area contributed by atoms with E-state index in [0.717, 1.165) is 11.1 Å². The predicted molar refractivity (Wildman–Crippen MR) is 81.3 cm³/mol. The third-order valence-electron chi connectivity index (χ3n) is 3.53. The lowest BCUT2D eigenvalue weighted by molar-refractivity contribution is 0.224. The van der Waals surface area contributed by atoms with E-state index in [0.29, 0.717) is 23.0 Å². The number of rotatable bonds is 2. The lowest BCUT2D eigenvalue weighted by Crippen LogP contribution is -2.54. The van der Waals surface area contributed by atoms with Crippen LogP contribution in [0.2, 0.25) is 0 Å². The molecule has 0 aromatic heterocycles. The van der Waals surface area contributed by atoms with Crippen molar-refractivity contribution in [2.75, 3.05) is 0 Å². The summed E-state index contributed by atoms with van der Waals surface area (Å²) >= 11 is 0. The van der Waals surface area contributed by atoms with Crippen LogP contribution in [0.3, 0.4) is 0 Å². The molecule has 0 atom stereocenters. The van der Waals surface area contributed by atoms with E-state index in [1.807, 2.05) is 36.4 Å². The minimum Gasteiger partial charge on any atom is -0.609 e. The number of benzene rings is 2. The zero-order chi connectivity index (χ0) is 14.4. The lowest BCUT2D eigenvalue weighted by Gasteiger charge is -2.27. The Hall–Kier alpha value is -2.82. The van der Waals surface area contributed by atoms with Crippen LogP contribution in [-0.4, -0.2) is 6.96 Å². The second-order valence-electron chi connectivity index (χ2n) is 4.81. The number of hydrogen-bond acceptors (Lipinski definition) is 4. The van der Waals surface area contributed by atoms with Gasteiger partial charge in [-0.1, -0.05) is 49.6 Å². The molecule has 2 aliphatic heterocycles. The Morgan fingerprint density at radius 1 is 0.714 bits per heavy atom. The van der Waals surface area contributed by atoms with E-state index in [1.54, 1.807) is 12.2 Å². The summed E-state index contributed by atoms with van der Waals surface area (Å²) in [5.41, 5.74) is 1.66. The largest absolute Gasteiger partial charge is 0.777 e. The molecule has 0 radical (unpaired) electrons. The fourth-order valence-corrected chi connectivity index (χ4v) is 2.57. The fourth-order valence-electron chi connectivity index (χ4n) is 2.57. The highest BCUT2D eigenvalue weighted by molar-refractivity contribution is 6.59. The van der Waals surface area contributed by atoms with Crippen LogP contribution in [0, 0.1) is 0 Å². The molecule has 0 unspecified atom stereocenters. The topological polar surface area (TPSA) is 36.9 Å². The van der Waals surface area contributed by atoms with Gasteiger partial charge in [0.25, 0.3) is 0 Å². The van der Waals surface area contributed by atoms with E-state index in [-0.39, 0.29) is 0 Å². The van der Waals surface area contributed by atoms with Crippen molar-refractivity contribution < 1.29 is 18.6 Å². The molecule has 2 aromatic carbocycles. The van der Waals surface area contributed by atoms with Crippen molar-refractivity contribution in [2.45, 2.75) is 0 Å². The smallest absolute Gasteiger partial charge is 0.609 e. The first kappa shape index (κ1) is 12.0. The van der Waals surface area contributed by atoms with Gasteiger partial charge < -0.3 is 18.6 Å². The van der Waals surface area contributed by atoms with Gasteiger partial charge in [0.1, 0.15) is 23.0 Å². The summed E-state index contributed by atoms with van der Waals surface area (Å²) in [7, 11) is 0. The van der Waals surface area contributed by atoms with Crippen LogP contribution >= 0.6 is 0 Å². The van der Waals surface area contributed by atoms with Crippen molar-refractivity contribution in [1.29, 1.82) is 0 Å². The first-order valence-corrected chi connectivity index (χ1v) is 6.64. The summed E-state index contributed by atoms with van der Waals surface area (Å²) in [6, 6.07) is 11.1. The van der Waals surface area contributed by atoms with Gasteiger partial charge in [-0.15, -0.1) is 0 Å². The first-order valence-electron chi connectivity index (χ1n) is 6.64. The molecular formula is C16H12BO4-. The molecule has 0 N–H and O–H groups in total. The molecule has 0 amide bonds. The van der Waals surface area contributed by atoms with Crippen LogP contribution in [0.1, 0.15) is 11.1 Å². The van der Waals surface area contributed by atoms with Gasteiger partial charge in [0, 0.05) is 11.1 Å². The molecule has 2 aromatic rings. The van der Waals surface area contributed by atoms with Crippen molar-refractivity contribution in [2.24, 2.45) is 0 Å². The summed E-state index contributed by atoms with van der Waals surface area (Å²) in [4.78, 5) is 0. The summed E-state index contributed by atoms with van der Waals surface area (Å²) in [6.45, 7) is 5.18. The zero-order valence-electron chi connectivity index (χ0n) is 11.2. The molecule has 4 nitrogen and oxygen atoms in total. The monoisotopic (exact) mass is 279 g/mol. The predicted octanol–water partition coefficient (Wildman–Crippen LogP) is 3.65. The number of para-hydroxylation sites is 2. The molecule has 5 heteroatoms. The Bertz CT molecular complexity index is 703. The second-order valence-corrected chi connectivity index (χ2v) is 4.81. The zero-order valence-corrected chi connectivity index (χ0v) is 11.2. The highest BCUT2D eigenvalue weighted by Crippen LogP contribution is 2.47. The Morgan fingerprint density at radius 3 is 1.62 bits per heavy atom. The van der Waals surface area contributed by atoms with Crippen molar-refractivity contribution in [3.8, 4) is 23.0 Å². The Kier molecular flexibility index (Phi) is 2.33. The van der Waals surface area contributed by atoms with Crippen LogP contribution in [0.15, 0.2) is 49.6 Å². The van der Waals surface area contributed by atoms with Crippen molar-refractivity contribution >= 4 is 19.1 Å². The Morgan fingerprint density at radius 2 is 1.19 bits per heavy atom. The molecule has 4 rings (SSSR count). The van der Waals surface area contributed by atoms with E-state index in [2.05, 4.69) is 13.2 Å². The van der Waals surface area contributed by atoms with Crippen LogP contribution in [-0.2, 0) is 0 Å². The highest BCUT2D eigenvalue weighted by Gasteiger charge is 2.52. The lowest BCUT2D eigenvalue weighted by atomic mass is 10.1. The molecule has 2 aliphatic rings. The van der Waals surface area contributed by atoms with Gasteiger partial charge in [0.05, 0.1) is 0 Å². The average Bonchev–Trinajstić information content (AvgIpc) is 3.04. The normalized spacial score (nSPS) is 16.0. The molecule has 2 heterocycles. The summed E-state index contributed by atoms with van der Waals surface area (Å²) < 4.78 is 23.3. The minimum absolute atomic E-state index is 0.584. The van der Waals surface area contributed by atoms with E-state index >= 15 is 0 Å². The van der Waals surface area contributed by atoms with Gasteiger partial charge in [0.2, 0.25) is 0 Å². The van der Waals surface area contributed by atoms with Crippen LogP contribution in [0.25, 0.3) is 12.2 Å². The maximum absolute atomic E-state index is 5.85.